The number of fused-ring (bicyclic) bond motifs is 1. The topological polar surface area (TPSA) is 76.3 Å². The smallest absolute Gasteiger partial charge is 0.295 e. The molecule has 1 aromatic carbocycles. The van der Waals surface area contributed by atoms with Gasteiger partial charge in [-0.2, -0.15) is 0 Å². The minimum atomic E-state index is -0.435. The van der Waals surface area contributed by atoms with E-state index in [1.165, 1.54) is 6.07 Å². The lowest BCUT2D eigenvalue weighted by Gasteiger charge is -2.10. The number of aliphatic hydroxyl groups is 1. The SMILES string of the molecule is CCC(O)Cc1ccnc2c([N+](=O)[O-])cccc12. The average molecular weight is 246 g/mol. The van der Waals surface area contributed by atoms with Gasteiger partial charge in [-0.3, -0.25) is 10.1 Å². The van der Waals surface area contributed by atoms with E-state index in [1.807, 2.05) is 6.92 Å². The van der Waals surface area contributed by atoms with Crippen molar-refractivity contribution in [3.05, 3.63) is 46.1 Å². The molecule has 1 N–H and O–H groups in total. The highest BCUT2D eigenvalue weighted by Crippen LogP contribution is 2.26. The monoisotopic (exact) mass is 246 g/mol. The van der Waals surface area contributed by atoms with Crippen LogP contribution in [0.2, 0.25) is 0 Å². The zero-order valence-electron chi connectivity index (χ0n) is 10.0. The van der Waals surface area contributed by atoms with Crippen LogP contribution in [-0.2, 0) is 6.42 Å². The lowest BCUT2D eigenvalue weighted by atomic mass is 10.0. The standard InChI is InChI=1S/C13H14N2O3/c1-2-10(16)8-9-6-7-14-13-11(9)4-3-5-12(13)15(17)18/h3-7,10,16H,2,8H2,1H3. The number of nitrogens with zero attached hydrogens (tertiary/aromatic N) is 2. The lowest BCUT2D eigenvalue weighted by molar-refractivity contribution is -0.383. The molecule has 1 heterocycles. The van der Waals surface area contributed by atoms with Crippen molar-refractivity contribution in [1.82, 2.24) is 4.98 Å². The molecule has 5 heteroatoms. The minimum absolute atomic E-state index is 0.000313. The van der Waals surface area contributed by atoms with E-state index in [2.05, 4.69) is 4.98 Å². The third-order valence-corrected chi connectivity index (χ3v) is 2.96. The first-order valence-corrected chi connectivity index (χ1v) is 5.82. The normalized spacial score (nSPS) is 12.6. The molecule has 1 aromatic heterocycles. The summed E-state index contributed by atoms with van der Waals surface area (Å²) >= 11 is 0. The van der Waals surface area contributed by atoms with Crippen LogP contribution in [0, 0.1) is 10.1 Å². The van der Waals surface area contributed by atoms with E-state index in [0.717, 1.165) is 10.9 Å². The van der Waals surface area contributed by atoms with E-state index in [1.54, 1.807) is 24.4 Å². The first-order chi connectivity index (χ1) is 8.63. The molecule has 2 rings (SSSR count). The molecule has 2 aromatic rings. The van der Waals surface area contributed by atoms with Crippen molar-refractivity contribution in [2.45, 2.75) is 25.9 Å². The number of nitro benzene ring substituents is 1. The Morgan fingerprint density at radius 2 is 2.22 bits per heavy atom. The summed E-state index contributed by atoms with van der Waals surface area (Å²) in [5.41, 5.74) is 1.27. The Labute approximate surface area is 104 Å². The number of nitro groups is 1. The van der Waals surface area contributed by atoms with Crippen LogP contribution in [0.25, 0.3) is 10.9 Å². The lowest BCUT2D eigenvalue weighted by Crippen LogP contribution is -2.09. The third-order valence-electron chi connectivity index (χ3n) is 2.96. The number of pyridine rings is 1. The zero-order valence-corrected chi connectivity index (χ0v) is 10.0. The van der Waals surface area contributed by atoms with Crippen molar-refractivity contribution in [3.8, 4) is 0 Å². The number of aromatic nitrogens is 1. The Balaban J connectivity index is 2.56. The zero-order chi connectivity index (χ0) is 13.1. The van der Waals surface area contributed by atoms with Gasteiger partial charge in [-0.1, -0.05) is 19.1 Å². The van der Waals surface area contributed by atoms with Gasteiger partial charge in [0.05, 0.1) is 11.0 Å². The Morgan fingerprint density at radius 3 is 2.89 bits per heavy atom. The number of aliphatic hydroxyl groups excluding tert-OH is 1. The molecule has 5 nitrogen and oxygen atoms in total. The van der Waals surface area contributed by atoms with Crippen molar-refractivity contribution in [2.75, 3.05) is 0 Å². The first-order valence-electron chi connectivity index (χ1n) is 5.82. The molecule has 0 saturated heterocycles. The molecule has 0 bridgehead atoms. The predicted molar refractivity (Wildman–Crippen MR) is 68.4 cm³/mol. The van der Waals surface area contributed by atoms with Crippen molar-refractivity contribution in [1.29, 1.82) is 0 Å². The van der Waals surface area contributed by atoms with Crippen LogP contribution in [0.5, 0.6) is 0 Å². The van der Waals surface area contributed by atoms with Gasteiger partial charge >= 0.3 is 0 Å². The van der Waals surface area contributed by atoms with E-state index in [-0.39, 0.29) is 5.69 Å². The fourth-order valence-corrected chi connectivity index (χ4v) is 1.94. The van der Waals surface area contributed by atoms with Crippen LogP contribution in [0.3, 0.4) is 0 Å². The summed E-state index contributed by atoms with van der Waals surface area (Å²) in [6, 6.07) is 6.68. The summed E-state index contributed by atoms with van der Waals surface area (Å²) in [6.07, 6.45) is 2.25. The van der Waals surface area contributed by atoms with Gasteiger partial charge in [0.25, 0.3) is 5.69 Å². The summed E-state index contributed by atoms with van der Waals surface area (Å²) in [5.74, 6) is 0. The van der Waals surface area contributed by atoms with Crippen molar-refractivity contribution in [2.24, 2.45) is 0 Å². The molecule has 0 aliphatic carbocycles. The van der Waals surface area contributed by atoms with Gasteiger partial charge < -0.3 is 5.11 Å². The summed E-state index contributed by atoms with van der Waals surface area (Å²) in [4.78, 5) is 14.6. The minimum Gasteiger partial charge on any atom is -0.393 e. The fourth-order valence-electron chi connectivity index (χ4n) is 1.94. The molecule has 0 aliphatic rings. The van der Waals surface area contributed by atoms with Gasteiger partial charge in [-0.05, 0) is 24.5 Å². The van der Waals surface area contributed by atoms with E-state index in [0.29, 0.717) is 18.4 Å². The first kappa shape index (κ1) is 12.4. The molecule has 1 atom stereocenters. The Kier molecular flexibility index (Phi) is 3.53. The molecule has 1 unspecified atom stereocenters. The van der Waals surface area contributed by atoms with Crippen LogP contribution in [0.1, 0.15) is 18.9 Å². The van der Waals surface area contributed by atoms with Gasteiger partial charge in [-0.15, -0.1) is 0 Å². The molecule has 0 radical (unpaired) electrons. The number of rotatable bonds is 4. The van der Waals surface area contributed by atoms with Crippen LogP contribution in [0.4, 0.5) is 5.69 Å². The Bertz CT molecular complexity index is 583. The number of non-ortho nitro benzene ring substituents is 1. The van der Waals surface area contributed by atoms with E-state index < -0.39 is 11.0 Å². The number of benzene rings is 1. The van der Waals surface area contributed by atoms with Gasteiger partial charge in [0.2, 0.25) is 0 Å². The summed E-state index contributed by atoms with van der Waals surface area (Å²) < 4.78 is 0. The van der Waals surface area contributed by atoms with Crippen LogP contribution < -0.4 is 0 Å². The molecule has 0 amide bonds. The fraction of sp³-hybridized carbons (Fsp3) is 0.308. The number of hydrogen-bond acceptors (Lipinski definition) is 4. The maximum Gasteiger partial charge on any atom is 0.295 e. The van der Waals surface area contributed by atoms with Crippen LogP contribution in [0.15, 0.2) is 30.5 Å². The predicted octanol–water partition coefficient (Wildman–Crippen LogP) is 2.46. The molecule has 18 heavy (non-hydrogen) atoms. The van der Waals surface area contributed by atoms with E-state index in [9.17, 15) is 15.2 Å². The summed E-state index contributed by atoms with van der Waals surface area (Å²) in [7, 11) is 0. The highest BCUT2D eigenvalue weighted by molar-refractivity contribution is 5.89. The van der Waals surface area contributed by atoms with Crippen molar-refractivity contribution in [3.63, 3.8) is 0 Å². The number of hydrogen-bond donors (Lipinski definition) is 1. The van der Waals surface area contributed by atoms with Crippen molar-refractivity contribution >= 4 is 16.6 Å². The second-order valence-corrected chi connectivity index (χ2v) is 4.17. The summed E-state index contributed by atoms with van der Waals surface area (Å²) in [6.45, 7) is 1.90. The second kappa shape index (κ2) is 5.10. The quantitative estimate of drug-likeness (QED) is 0.664. The van der Waals surface area contributed by atoms with E-state index in [4.69, 9.17) is 0 Å². The highest BCUT2D eigenvalue weighted by Gasteiger charge is 2.15. The molecule has 0 fully saturated rings. The van der Waals surface area contributed by atoms with Gasteiger partial charge in [0.15, 0.2) is 0 Å². The Morgan fingerprint density at radius 1 is 1.44 bits per heavy atom. The maximum absolute atomic E-state index is 10.9. The van der Waals surface area contributed by atoms with E-state index >= 15 is 0 Å². The van der Waals surface area contributed by atoms with Gasteiger partial charge in [-0.25, -0.2) is 4.98 Å². The molecule has 0 aliphatic heterocycles. The number of para-hydroxylation sites is 1. The molecular weight excluding hydrogens is 232 g/mol. The highest BCUT2D eigenvalue weighted by atomic mass is 16.6. The maximum atomic E-state index is 10.9. The average Bonchev–Trinajstić information content (AvgIpc) is 2.38. The van der Waals surface area contributed by atoms with Crippen LogP contribution >= 0.6 is 0 Å². The van der Waals surface area contributed by atoms with Gasteiger partial charge in [0.1, 0.15) is 5.52 Å². The molecule has 0 saturated carbocycles. The van der Waals surface area contributed by atoms with Crippen LogP contribution in [-0.4, -0.2) is 21.1 Å². The Hall–Kier alpha value is -2.01. The second-order valence-electron chi connectivity index (χ2n) is 4.17. The molecule has 0 spiro atoms. The molecular formula is C13H14N2O3. The third kappa shape index (κ3) is 2.31. The summed E-state index contributed by atoms with van der Waals surface area (Å²) in [5, 5.41) is 21.4. The van der Waals surface area contributed by atoms with Crippen molar-refractivity contribution < 1.29 is 10.0 Å². The molecule has 94 valence electrons. The van der Waals surface area contributed by atoms with Gasteiger partial charge in [0, 0.05) is 17.6 Å². The largest absolute Gasteiger partial charge is 0.393 e.